The number of aromatic nitrogens is 1. The highest BCUT2D eigenvalue weighted by Gasteiger charge is 2.32. The van der Waals surface area contributed by atoms with Crippen molar-refractivity contribution < 1.29 is 17.9 Å². The molecule has 1 aliphatic rings. The molecule has 1 saturated heterocycles. The second-order valence-electron chi connectivity index (χ2n) is 7.82. The molecule has 0 radical (unpaired) electrons. The third-order valence-corrected chi connectivity index (χ3v) is 7.54. The van der Waals surface area contributed by atoms with Crippen LogP contribution in [0.25, 0.3) is 0 Å². The molecule has 3 rings (SSSR count). The lowest BCUT2D eigenvalue weighted by Gasteiger charge is -2.32. The van der Waals surface area contributed by atoms with Gasteiger partial charge in [0, 0.05) is 44.0 Å². The van der Waals surface area contributed by atoms with Gasteiger partial charge >= 0.3 is 5.97 Å². The van der Waals surface area contributed by atoms with Gasteiger partial charge in [-0.25, -0.2) is 17.9 Å². The van der Waals surface area contributed by atoms with Crippen LogP contribution in [0.15, 0.2) is 35.2 Å². The highest BCUT2D eigenvalue weighted by atomic mass is 32.2. The van der Waals surface area contributed by atoms with Gasteiger partial charge in [-0.2, -0.15) is 0 Å². The maximum absolute atomic E-state index is 13.2. The molecule has 1 aromatic heterocycles. The first-order valence-corrected chi connectivity index (χ1v) is 11.8. The Morgan fingerprint density at radius 2 is 1.80 bits per heavy atom. The monoisotopic (exact) mass is 433 g/mol. The maximum atomic E-state index is 13.2. The molecule has 2 aromatic rings. The summed E-state index contributed by atoms with van der Waals surface area (Å²) in [6.45, 7) is 7.89. The highest BCUT2D eigenvalue weighted by molar-refractivity contribution is 7.89. The van der Waals surface area contributed by atoms with Gasteiger partial charge in [0.15, 0.2) is 0 Å². The Kier molecular flexibility index (Phi) is 7.00. The lowest BCUT2D eigenvalue weighted by molar-refractivity contribution is 0.0514. The fraction of sp³-hybridized carbons (Fsp3) is 0.500. The molecule has 0 atom stereocenters. The molecule has 0 saturated carbocycles. The van der Waals surface area contributed by atoms with Crippen LogP contribution < -0.4 is 4.72 Å². The molecule has 0 spiro atoms. The Hall–Kier alpha value is -2.16. The van der Waals surface area contributed by atoms with Crippen molar-refractivity contribution in [2.75, 3.05) is 19.7 Å². The smallest absolute Gasteiger partial charge is 0.355 e. The molecule has 0 unspecified atom stereocenters. The van der Waals surface area contributed by atoms with Gasteiger partial charge in [0.2, 0.25) is 10.0 Å². The Balaban J connectivity index is 1.69. The van der Waals surface area contributed by atoms with E-state index >= 15 is 0 Å². The van der Waals surface area contributed by atoms with Crippen LogP contribution in [0.1, 0.15) is 47.1 Å². The second kappa shape index (κ2) is 9.32. The van der Waals surface area contributed by atoms with E-state index in [-0.39, 0.29) is 23.2 Å². The molecule has 1 aromatic carbocycles. The second-order valence-corrected chi connectivity index (χ2v) is 9.48. The van der Waals surface area contributed by atoms with E-state index in [2.05, 4.69) is 21.8 Å². The zero-order valence-electron chi connectivity index (χ0n) is 18.1. The fourth-order valence-corrected chi connectivity index (χ4v) is 5.98. The van der Waals surface area contributed by atoms with Crippen molar-refractivity contribution >= 4 is 16.0 Å². The Bertz CT molecular complexity index is 991. The van der Waals surface area contributed by atoms with Crippen molar-refractivity contribution in [2.45, 2.75) is 51.1 Å². The molecular weight excluding hydrogens is 402 g/mol. The van der Waals surface area contributed by atoms with Crippen molar-refractivity contribution in [1.82, 2.24) is 14.2 Å². The summed E-state index contributed by atoms with van der Waals surface area (Å²) in [5, 5.41) is 0. The Morgan fingerprint density at radius 3 is 2.40 bits per heavy atom. The molecule has 164 valence electrons. The number of hydrogen-bond acceptors (Lipinski definition) is 5. The first-order valence-electron chi connectivity index (χ1n) is 10.4. The van der Waals surface area contributed by atoms with E-state index in [0.29, 0.717) is 11.3 Å². The average Bonchev–Trinajstić information content (AvgIpc) is 2.93. The molecule has 1 aliphatic heterocycles. The molecule has 8 heteroatoms. The first-order chi connectivity index (χ1) is 14.2. The molecule has 1 N–H and O–H groups in total. The zero-order valence-corrected chi connectivity index (χ0v) is 19.0. The van der Waals surface area contributed by atoms with E-state index in [1.165, 1.54) is 5.56 Å². The molecule has 1 fully saturated rings. The van der Waals surface area contributed by atoms with Crippen molar-refractivity contribution in [3.05, 3.63) is 52.8 Å². The minimum atomic E-state index is -3.74. The number of nitrogens with zero attached hydrogens (tertiary/aromatic N) is 2. The molecule has 30 heavy (non-hydrogen) atoms. The lowest BCUT2D eigenvalue weighted by Crippen LogP contribution is -2.44. The predicted octanol–water partition coefficient (Wildman–Crippen LogP) is 2.76. The largest absolute Gasteiger partial charge is 0.461 e. The first kappa shape index (κ1) is 22.5. The van der Waals surface area contributed by atoms with Crippen molar-refractivity contribution in [3.8, 4) is 0 Å². The van der Waals surface area contributed by atoms with Gasteiger partial charge in [-0.15, -0.1) is 0 Å². The third-order valence-electron chi connectivity index (χ3n) is 5.76. The topological polar surface area (TPSA) is 80.6 Å². The van der Waals surface area contributed by atoms with Gasteiger partial charge in [-0.3, -0.25) is 4.90 Å². The quantitative estimate of drug-likeness (QED) is 0.679. The summed E-state index contributed by atoms with van der Waals surface area (Å²) < 4.78 is 35.9. The number of sulfonamides is 1. The summed E-state index contributed by atoms with van der Waals surface area (Å²) in [6.07, 6.45) is 1.50. The van der Waals surface area contributed by atoms with Gasteiger partial charge in [0.1, 0.15) is 10.6 Å². The fourth-order valence-electron chi connectivity index (χ4n) is 4.16. The van der Waals surface area contributed by atoms with E-state index in [9.17, 15) is 13.2 Å². The summed E-state index contributed by atoms with van der Waals surface area (Å²) in [4.78, 5) is 14.8. The van der Waals surface area contributed by atoms with E-state index in [0.717, 1.165) is 32.5 Å². The van der Waals surface area contributed by atoms with Crippen molar-refractivity contribution in [3.63, 3.8) is 0 Å². The Labute approximate surface area is 179 Å². The van der Waals surface area contributed by atoms with Crippen LogP contribution in [-0.2, 0) is 28.4 Å². The van der Waals surface area contributed by atoms with Gasteiger partial charge in [0.25, 0.3) is 0 Å². The van der Waals surface area contributed by atoms with Crippen LogP contribution in [0.3, 0.4) is 0 Å². The molecule has 0 amide bonds. The zero-order chi connectivity index (χ0) is 21.9. The number of nitrogens with one attached hydrogen (secondary N) is 1. The number of esters is 1. The van der Waals surface area contributed by atoms with Crippen LogP contribution >= 0.6 is 0 Å². The summed E-state index contributed by atoms with van der Waals surface area (Å²) in [5.41, 5.74) is 2.51. The molecular formula is C22H31N3O4S. The van der Waals surface area contributed by atoms with Crippen LogP contribution in [-0.4, -0.2) is 49.6 Å². The number of piperidine rings is 1. The van der Waals surface area contributed by atoms with Crippen molar-refractivity contribution in [1.29, 1.82) is 0 Å². The summed E-state index contributed by atoms with van der Waals surface area (Å²) in [5.74, 6) is -0.503. The highest BCUT2D eigenvalue weighted by Crippen LogP contribution is 2.27. The molecule has 2 heterocycles. The molecule has 7 nitrogen and oxygen atoms in total. The van der Waals surface area contributed by atoms with Crippen molar-refractivity contribution in [2.24, 2.45) is 7.05 Å². The number of carbonyl (C=O) groups excluding carboxylic acids is 1. The van der Waals surface area contributed by atoms with E-state index in [4.69, 9.17) is 4.74 Å². The minimum Gasteiger partial charge on any atom is -0.461 e. The summed E-state index contributed by atoms with van der Waals surface area (Å²) >= 11 is 0. The normalized spacial score (nSPS) is 16.0. The van der Waals surface area contributed by atoms with Crippen LogP contribution in [0.2, 0.25) is 0 Å². The Morgan fingerprint density at radius 1 is 1.17 bits per heavy atom. The van der Waals surface area contributed by atoms with E-state index < -0.39 is 16.0 Å². The van der Waals surface area contributed by atoms with Crippen LogP contribution in [0, 0.1) is 13.8 Å². The SMILES string of the molecule is CCOC(=O)c1c(C)c(S(=O)(=O)NC2CCN(Cc3ccccc3)CC2)c(C)n1C. The van der Waals surface area contributed by atoms with E-state index in [1.807, 2.05) is 18.2 Å². The summed E-state index contributed by atoms with van der Waals surface area (Å²) in [6, 6.07) is 10.2. The number of likely N-dealkylation sites (tertiary alicyclic amines) is 1. The van der Waals surface area contributed by atoms with Gasteiger partial charge < -0.3 is 9.30 Å². The standard InChI is InChI=1S/C22H31N3O4S/c1-5-29-22(26)20-16(2)21(17(3)24(20)4)30(27,28)23-19-11-13-25(14-12-19)15-18-9-7-6-8-10-18/h6-10,19,23H,5,11-15H2,1-4H3. The lowest BCUT2D eigenvalue weighted by atomic mass is 10.1. The minimum absolute atomic E-state index is 0.118. The molecule has 0 bridgehead atoms. The number of benzene rings is 1. The molecule has 0 aliphatic carbocycles. The van der Waals surface area contributed by atoms with E-state index in [1.54, 1.807) is 32.4 Å². The number of ether oxygens (including phenoxy) is 1. The average molecular weight is 434 g/mol. The van der Waals surface area contributed by atoms with Crippen LogP contribution in [0.4, 0.5) is 0 Å². The number of carbonyl (C=O) groups is 1. The van der Waals surface area contributed by atoms with Gasteiger partial charge in [0.05, 0.1) is 6.61 Å². The third kappa shape index (κ3) is 4.77. The van der Waals surface area contributed by atoms with Gasteiger partial charge in [-0.05, 0) is 39.2 Å². The number of rotatable bonds is 7. The number of hydrogen-bond donors (Lipinski definition) is 1. The van der Waals surface area contributed by atoms with Crippen LogP contribution in [0.5, 0.6) is 0 Å². The maximum Gasteiger partial charge on any atom is 0.355 e. The predicted molar refractivity (Wildman–Crippen MR) is 116 cm³/mol. The van der Waals surface area contributed by atoms with Gasteiger partial charge in [-0.1, -0.05) is 30.3 Å². The summed E-state index contributed by atoms with van der Waals surface area (Å²) in [7, 11) is -2.05.